The van der Waals surface area contributed by atoms with E-state index in [9.17, 15) is 4.79 Å². The van der Waals surface area contributed by atoms with Crippen molar-refractivity contribution in [3.8, 4) is 17.3 Å². The third-order valence-corrected chi connectivity index (χ3v) is 3.02. The van der Waals surface area contributed by atoms with Crippen LogP contribution in [0.2, 0.25) is 0 Å². The van der Waals surface area contributed by atoms with Crippen LogP contribution < -0.4 is 5.56 Å². The molecule has 19 heavy (non-hydrogen) atoms. The van der Waals surface area contributed by atoms with Crippen molar-refractivity contribution in [3.05, 3.63) is 46.0 Å². The van der Waals surface area contributed by atoms with Crippen LogP contribution in [0.5, 0.6) is 0 Å². The minimum Gasteiger partial charge on any atom is -0.311 e. The second kappa shape index (κ2) is 5.44. The number of aromatic nitrogens is 3. The molecule has 96 valence electrons. The quantitative estimate of drug-likeness (QED) is 0.836. The highest BCUT2D eigenvalue weighted by atomic mass is 16.1. The summed E-state index contributed by atoms with van der Waals surface area (Å²) in [4.78, 5) is 12.1. The maximum atomic E-state index is 12.1. The van der Waals surface area contributed by atoms with Gasteiger partial charge in [-0.1, -0.05) is 6.92 Å². The van der Waals surface area contributed by atoms with Crippen molar-refractivity contribution in [3.63, 3.8) is 0 Å². The Morgan fingerprint density at radius 1 is 1.42 bits per heavy atom. The van der Waals surface area contributed by atoms with Crippen LogP contribution in [0.25, 0.3) is 11.3 Å². The van der Waals surface area contributed by atoms with E-state index in [1.807, 2.05) is 26.0 Å². The minimum absolute atomic E-state index is 0.139. The van der Waals surface area contributed by atoms with E-state index in [1.54, 1.807) is 22.9 Å². The molecule has 2 aromatic rings. The van der Waals surface area contributed by atoms with E-state index in [-0.39, 0.29) is 11.1 Å². The maximum Gasteiger partial charge on any atom is 0.268 e. The smallest absolute Gasteiger partial charge is 0.268 e. The molecule has 0 fully saturated rings. The summed E-state index contributed by atoms with van der Waals surface area (Å²) in [6.07, 6.45) is 2.29. The summed E-state index contributed by atoms with van der Waals surface area (Å²) in [5, 5.41) is 17.0. The van der Waals surface area contributed by atoms with Gasteiger partial charge < -0.3 is 4.57 Å². The van der Waals surface area contributed by atoms with Gasteiger partial charge in [-0.05, 0) is 31.5 Å². The first-order chi connectivity index (χ1) is 9.22. The van der Waals surface area contributed by atoms with E-state index in [0.29, 0.717) is 18.7 Å². The number of hydrogen-bond donors (Lipinski definition) is 0. The third kappa shape index (κ3) is 2.25. The van der Waals surface area contributed by atoms with E-state index in [0.717, 1.165) is 11.3 Å². The fraction of sp³-hybridized carbons (Fsp3) is 0.286. The highest BCUT2D eigenvalue weighted by molar-refractivity contribution is 5.63. The van der Waals surface area contributed by atoms with Crippen LogP contribution in [0.3, 0.4) is 0 Å². The van der Waals surface area contributed by atoms with Gasteiger partial charge in [-0.25, -0.2) is 0 Å². The predicted octanol–water partition coefficient (Wildman–Crippen LogP) is 1.76. The molecule has 0 aliphatic carbocycles. The highest BCUT2D eigenvalue weighted by Gasteiger charge is 2.14. The van der Waals surface area contributed by atoms with Gasteiger partial charge in [0.1, 0.15) is 11.6 Å². The molecular weight excluding hydrogens is 240 g/mol. The SMILES string of the molecule is CCc1c(-c2cccnn2)cc(C#N)c(=O)n1CC. The Hall–Kier alpha value is -2.48. The zero-order valence-electron chi connectivity index (χ0n) is 10.9. The highest BCUT2D eigenvalue weighted by Crippen LogP contribution is 2.21. The lowest BCUT2D eigenvalue weighted by molar-refractivity contribution is 0.680. The average Bonchev–Trinajstić information content (AvgIpc) is 2.47. The molecule has 0 spiro atoms. The molecule has 0 N–H and O–H groups in total. The number of nitriles is 1. The Balaban J connectivity index is 2.81. The first-order valence-corrected chi connectivity index (χ1v) is 6.17. The molecule has 0 aliphatic rings. The maximum absolute atomic E-state index is 12.1. The molecular formula is C14H14N4O. The van der Waals surface area contributed by atoms with Crippen LogP contribution >= 0.6 is 0 Å². The van der Waals surface area contributed by atoms with Crippen molar-refractivity contribution < 1.29 is 0 Å². The Bertz CT molecular complexity index is 683. The van der Waals surface area contributed by atoms with Crippen molar-refractivity contribution in [2.75, 3.05) is 0 Å². The largest absolute Gasteiger partial charge is 0.311 e. The molecule has 0 aromatic carbocycles. The average molecular weight is 254 g/mol. The first-order valence-electron chi connectivity index (χ1n) is 6.17. The van der Waals surface area contributed by atoms with Crippen LogP contribution in [0, 0.1) is 11.3 Å². The van der Waals surface area contributed by atoms with E-state index in [4.69, 9.17) is 5.26 Å². The third-order valence-electron chi connectivity index (χ3n) is 3.02. The molecule has 2 rings (SSSR count). The summed E-state index contributed by atoms with van der Waals surface area (Å²) in [5.41, 5.74) is 2.26. The van der Waals surface area contributed by atoms with Gasteiger partial charge in [-0.2, -0.15) is 15.5 Å². The predicted molar refractivity (Wildman–Crippen MR) is 71.5 cm³/mol. The molecule has 0 atom stereocenters. The van der Waals surface area contributed by atoms with Gasteiger partial charge in [-0.3, -0.25) is 4.79 Å². The lowest BCUT2D eigenvalue weighted by atomic mass is 10.0. The summed E-state index contributed by atoms with van der Waals surface area (Å²) in [6.45, 7) is 4.40. The molecule has 0 saturated carbocycles. The van der Waals surface area contributed by atoms with Gasteiger partial charge in [0.25, 0.3) is 5.56 Å². The van der Waals surface area contributed by atoms with Crippen LogP contribution in [-0.2, 0) is 13.0 Å². The lowest BCUT2D eigenvalue weighted by Crippen LogP contribution is -2.25. The normalized spacial score (nSPS) is 10.2. The number of rotatable bonds is 3. The van der Waals surface area contributed by atoms with Gasteiger partial charge in [0.2, 0.25) is 0 Å². The van der Waals surface area contributed by atoms with Crippen molar-refractivity contribution >= 4 is 0 Å². The number of nitrogens with zero attached hydrogens (tertiary/aromatic N) is 4. The van der Waals surface area contributed by atoms with Crippen molar-refractivity contribution in [1.82, 2.24) is 14.8 Å². The van der Waals surface area contributed by atoms with Gasteiger partial charge in [0, 0.05) is 24.0 Å². The minimum atomic E-state index is -0.241. The van der Waals surface area contributed by atoms with E-state index in [2.05, 4.69) is 10.2 Å². The lowest BCUT2D eigenvalue weighted by Gasteiger charge is -2.14. The van der Waals surface area contributed by atoms with Gasteiger partial charge >= 0.3 is 0 Å². The fourth-order valence-corrected chi connectivity index (χ4v) is 2.17. The summed E-state index contributed by atoms with van der Waals surface area (Å²) in [6, 6.07) is 7.17. The summed E-state index contributed by atoms with van der Waals surface area (Å²) < 4.78 is 1.63. The van der Waals surface area contributed by atoms with Crippen LogP contribution in [0.15, 0.2) is 29.2 Å². The Labute approximate surface area is 111 Å². The summed E-state index contributed by atoms with van der Waals surface area (Å²) >= 11 is 0. The van der Waals surface area contributed by atoms with Crippen LogP contribution in [-0.4, -0.2) is 14.8 Å². The standard InChI is InChI=1S/C14H14N4O/c1-3-13-11(12-6-5-7-16-17-12)8-10(9-15)14(19)18(13)4-2/h5-8H,3-4H2,1-2H3. The first kappa shape index (κ1) is 13.0. The van der Waals surface area contributed by atoms with E-state index in [1.165, 1.54) is 0 Å². The fourth-order valence-electron chi connectivity index (χ4n) is 2.17. The zero-order valence-corrected chi connectivity index (χ0v) is 10.9. The van der Waals surface area contributed by atoms with Crippen LogP contribution in [0.1, 0.15) is 25.1 Å². The Morgan fingerprint density at radius 2 is 2.21 bits per heavy atom. The van der Waals surface area contributed by atoms with E-state index >= 15 is 0 Å². The van der Waals surface area contributed by atoms with Gasteiger partial charge in [0.15, 0.2) is 0 Å². The molecule has 0 saturated heterocycles. The number of hydrogen-bond acceptors (Lipinski definition) is 4. The van der Waals surface area contributed by atoms with Gasteiger partial charge in [0.05, 0.1) is 5.69 Å². The molecule has 2 aromatic heterocycles. The topological polar surface area (TPSA) is 71.6 Å². The number of pyridine rings is 1. The van der Waals surface area contributed by atoms with Crippen LogP contribution in [0.4, 0.5) is 0 Å². The van der Waals surface area contributed by atoms with E-state index < -0.39 is 0 Å². The molecule has 0 unspecified atom stereocenters. The summed E-state index contributed by atoms with van der Waals surface area (Å²) in [7, 11) is 0. The molecule has 0 aliphatic heterocycles. The molecule has 0 amide bonds. The van der Waals surface area contributed by atoms with Gasteiger partial charge in [-0.15, -0.1) is 0 Å². The Morgan fingerprint density at radius 3 is 2.74 bits per heavy atom. The molecule has 0 bridgehead atoms. The molecule has 5 nitrogen and oxygen atoms in total. The molecule has 5 heteroatoms. The second-order valence-corrected chi connectivity index (χ2v) is 4.04. The molecule has 0 radical (unpaired) electrons. The monoisotopic (exact) mass is 254 g/mol. The Kier molecular flexibility index (Phi) is 3.71. The molecule has 2 heterocycles. The van der Waals surface area contributed by atoms with Crippen molar-refractivity contribution in [2.24, 2.45) is 0 Å². The zero-order chi connectivity index (χ0) is 13.8. The van der Waals surface area contributed by atoms with Crippen molar-refractivity contribution in [1.29, 1.82) is 5.26 Å². The summed E-state index contributed by atoms with van der Waals surface area (Å²) in [5.74, 6) is 0. The second-order valence-electron chi connectivity index (χ2n) is 4.04. The van der Waals surface area contributed by atoms with Crippen molar-refractivity contribution in [2.45, 2.75) is 26.8 Å².